The summed E-state index contributed by atoms with van der Waals surface area (Å²) in [5.74, 6) is 0.00325. The van der Waals surface area contributed by atoms with E-state index in [-0.39, 0.29) is 22.4 Å². The van der Waals surface area contributed by atoms with Crippen LogP contribution in [0.1, 0.15) is 42.5 Å². The van der Waals surface area contributed by atoms with Crippen molar-refractivity contribution in [3.8, 4) is 11.5 Å². The lowest BCUT2D eigenvalue weighted by atomic mass is 9.96. The number of anilines is 1. The van der Waals surface area contributed by atoms with Crippen LogP contribution >= 0.6 is 0 Å². The summed E-state index contributed by atoms with van der Waals surface area (Å²) in [6.45, 7) is 0. The van der Waals surface area contributed by atoms with Crippen molar-refractivity contribution in [1.82, 2.24) is 24.5 Å². The van der Waals surface area contributed by atoms with Crippen LogP contribution in [0.5, 0.6) is 0 Å². The molecule has 1 aliphatic rings. The van der Waals surface area contributed by atoms with Crippen LogP contribution in [0.2, 0.25) is 0 Å². The third-order valence-electron chi connectivity index (χ3n) is 5.48. The van der Waals surface area contributed by atoms with E-state index in [4.69, 9.17) is 0 Å². The fourth-order valence-corrected chi connectivity index (χ4v) is 5.18. The molecule has 0 saturated heterocycles. The molecule has 1 aromatic carbocycles. The lowest BCUT2D eigenvalue weighted by molar-refractivity contribution is 0.102. The average Bonchev–Trinajstić information content (AvgIpc) is 3.28. The molecular formula is C21H24N6O3S. The number of aromatic amines is 1. The minimum Gasteiger partial charge on any atom is -0.289 e. The second kappa shape index (κ2) is 8.94. The molecule has 1 fully saturated rings. The summed E-state index contributed by atoms with van der Waals surface area (Å²) in [5.41, 5.74) is 0.802. The number of nitrogens with zero attached hydrogens (tertiary/aromatic N) is 4. The lowest BCUT2D eigenvalue weighted by Crippen LogP contribution is -2.38. The number of rotatable bonds is 6. The molecule has 2 N–H and O–H groups in total. The van der Waals surface area contributed by atoms with E-state index in [1.807, 2.05) is 6.07 Å². The van der Waals surface area contributed by atoms with Crippen LogP contribution in [0.4, 0.5) is 5.95 Å². The molecule has 162 valence electrons. The number of pyridine rings is 1. The number of sulfonamides is 1. The molecule has 1 saturated carbocycles. The number of nitrogens with one attached hydrogen (secondary N) is 2. The Morgan fingerprint density at radius 2 is 1.94 bits per heavy atom. The highest BCUT2D eigenvalue weighted by Crippen LogP contribution is 2.27. The van der Waals surface area contributed by atoms with Crippen molar-refractivity contribution in [2.24, 2.45) is 0 Å². The predicted octanol–water partition coefficient (Wildman–Crippen LogP) is 3.07. The zero-order chi connectivity index (χ0) is 21.8. The Labute approximate surface area is 181 Å². The van der Waals surface area contributed by atoms with Crippen molar-refractivity contribution < 1.29 is 13.2 Å². The van der Waals surface area contributed by atoms with Crippen LogP contribution in [0.3, 0.4) is 0 Å². The molecule has 3 aromatic rings. The zero-order valence-corrected chi connectivity index (χ0v) is 18.0. The van der Waals surface area contributed by atoms with Gasteiger partial charge in [0.25, 0.3) is 5.91 Å². The smallest absolute Gasteiger partial charge is 0.258 e. The number of hydrogen-bond acceptors (Lipinski definition) is 6. The number of hydrogen-bond donors (Lipinski definition) is 2. The Morgan fingerprint density at radius 1 is 1.13 bits per heavy atom. The largest absolute Gasteiger partial charge is 0.289 e. The van der Waals surface area contributed by atoms with Crippen LogP contribution in [0.15, 0.2) is 53.6 Å². The Balaban J connectivity index is 1.50. The van der Waals surface area contributed by atoms with Gasteiger partial charge in [-0.05, 0) is 43.2 Å². The highest BCUT2D eigenvalue weighted by molar-refractivity contribution is 7.89. The van der Waals surface area contributed by atoms with Crippen molar-refractivity contribution in [3.63, 3.8) is 0 Å². The summed E-state index contributed by atoms with van der Waals surface area (Å²) in [6, 6.07) is 11.4. The standard InChI is InChI=1S/C21H24N6O3S/c1-27(16-9-3-2-4-10-16)31(29,30)17-11-7-8-15(14-17)20(28)24-21-23-19(25-26-21)18-12-5-6-13-22-18/h5-8,11-14,16H,2-4,9-10H2,1H3,(H2,23,24,25,26,28). The van der Waals surface area contributed by atoms with Gasteiger partial charge < -0.3 is 0 Å². The number of carbonyl (C=O) groups is 1. The molecule has 1 aliphatic carbocycles. The quantitative estimate of drug-likeness (QED) is 0.608. The van der Waals surface area contributed by atoms with E-state index in [9.17, 15) is 13.2 Å². The van der Waals surface area contributed by atoms with Gasteiger partial charge in [0, 0.05) is 24.8 Å². The van der Waals surface area contributed by atoms with Crippen molar-refractivity contribution in [2.45, 2.75) is 43.0 Å². The van der Waals surface area contributed by atoms with Gasteiger partial charge in [-0.15, -0.1) is 5.10 Å². The first kappa shape index (κ1) is 21.1. The van der Waals surface area contributed by atoms with Crippen LogP contribution in [0, 0.1) is 0 Å². The van der Waals surface area contributed by atoms with E-state index in [2.05, 4.69) is 25.5 Å². The van der Waals surface area contributed by atoms with Gasteiger partial charge in [-0.25, -0.2) is 8.42 Å². The van der Waals surface area contributed by atoms with Gasteiger partial charge in [-0.3, -0.25) is 20.2 Å². The first-order valence-corrected chi connectivity index (χ1v) is 11.6. The Hall–Kier alpha value is -3.11. The minimum absolute atomic E-state index is 0.00509. The third kappa shape index (κ3) is 4.64. The summed E-state index contributed by atoms with van der Waals surface area (Å²) in [5, 5.41) is 9.30. The fraction of sp³-hybridized carbons (Fsp3) is 0.333. The molecule has 0 spiro atoms. The van der Waals surface area contributed by atoms with E-state index in [0.717, 1.165) is 32.1 Å². The van der Waals surface area contributed by atoms with Crippen molar-refractivity contribution in [2.75, 3.05) is 12.4 Å². The maximum Gasteiger partial charge on any atom is 0.258 e. The third-order valence-corrected chi connectivity index (χ3v) is 7.39. The normalized spacial score (nSPS) is 15.2. The topological polar surface area (TPSA) is 121 Å². The van der Waals surface area contributed by atoms with E-state index >= 15 is 0 Å². The second-order valence-electron chi connectivity index (χ2n) is 7.52. The molecule has 0 radical (unpaired) electrons. The van der Waals surface area contributed by atoms with E-state index < -0.39 is 15.9 Å². The molecule has 2 heterocycles. The van der Waals surface area contributed by atoms with Crippen molar-refractivity contribution >= 4 is 21.9 Å². The van der Waals surface area contributed by atoms with Gasteiger partial charge in [0.1, 0.15) is 5.69 Å². The zero-order valence-electron chi connectivity index (χ0n) is 17.2. The molecule has 0 aliphatic heterocycles. The average molecular weight is 441 g/mol. The van der Waals surface area contributed by atoms with Crippen LogP contribution in [-0.2, 0) is 10.0 Å². The number of aromatic nitrogens is 4. The molecular weight excluding hydrogens is 416 g/mol. The van der Waals surface area contributed by atoms with Crippen LogP contribution in [-0.4, -0.2) is 51.9 Å². The first-order valence-electron chi connectivity index (χ1n) is 10.2. The fourth-order valence-electron chi connectivity index (χ4n) is 3.71. The van der Waals surface area contributed by atoms with Crippen molar-refractivity contribution in [1.29, 1.82) is 0 Å². The minimum atomic E-state index is -3.69. The SMILES string of the molecule is CN(C1CCCCC1)S(=O)(=O)c1cccc(C(=O)Nc2n[nH]c(-c3ccccn3)n2)c1. The van der Waals surface area contributed by atoms with Crippen molar-refractivity contribution in [3.05, 3.63) is 54.2 Å². The maximum atomic E-state index is 13.1. The summed E-state index contributed by atoms with van der Waals surface area (Å²) in [6.07, 6.45) is 6.56. The number of carbonyl (C=O) groups excluding carboxylic acids is 1. The predicted molar refractivity (Wildman–Crippen MR) is 116 cm³/mol. The Morgan fingerprint density at radius 3 is 2.68 bits per heavy atom. The van der Waals surface area contributed by atoms with Gasteiger partial charge in [0.15, 0.2) is 5.82 Å². The molecule has 0 atom stereocenters. The molecule has 1 amide bonds. The highest BCUT2D eigenvalue weighted by Gasteiger charge is 2.29. The molecule has 0 unspecified atom stereocenters. The summed E-state index contributed by atoms with van der Waals surface area (Å²) in [7, 11) is -2.08. The van der Waals surface area contributed by atoms with Gasteiger partial charge >= 0.3 is 0 Å². The van der Waals surface area contributed by atoms with E-state index in [0.29, 0.717) is 11.5 Å². The highest BCUT2D eigenvalue weighted by atomic mass is 32.2. The number of H-pyrrole nitrogens is 1. The van der Waals surface area contributed by atoms with E-state index in [1.54, 1.807) is 37.5 Å². The molecule has 0 bridgehead atoms. The maximum absolute atomic E-state index is 13.1. The second-order valence-corrected chi connectivity index (χ2v) is 9.52. The molecule has 2 aromatic heterocycles. The number of benzene rings is 1. The molecule has 9 nitrogen and oxygen atoms in total. The Kier molecular flexibility index (Phi) is 6.10. The summed E-state index contributed by atoms with van der Waals surface area (Å²) >= 11 is 0. The summed E-state index contributed by atoms with van der Waals surface area (Å²) in [4.78, 5) is 21.2. The van der Waals surface area contributed by atoms with Gasteiger partial charge in [-0.2, -0.15) is 9.29 Å². The van der Waals surface area contributed by atoms with Gasteiger partial charge in [-0.1, -0.05) is 31.4 Å². The molecule has 31 heavy (non-hydrogen) atoms. The van der Waals surface area contributed by atoms with Gasteiger partial charge in [0.2, 0.25) is 16.0 Å². The lowest BCUT2D eigenvalue weighted by Gasteiger charge is -2.30. The van der Waals surface area contributed by atoms with Crippen LogP contribution < -0.4 is 5.32 Å². The van der Waals surface area contributed by atoms with Gasteiger partial charge in [0.05, 0.1) is 4.90 Å². The monoisotopic (exact) mass is 440 g/mol. The molecule has 10 heteroatoms. The van der Waals surface area contributed by atoms with E-state index in [1.165, 1.54) is 16.4 Å². The van der Waals surface area contributed by atoms with Crippen LogP contribution in [0.25, 0.3) is 11.5 Å². The summed E-state index contributed by atoms with van der Waals surface area (Å²) < 4.78 is 27.6. The Bertz CT molecular complexity index is 1160. The first-order chi connectivity index (χ1) is 14.9. The number of amides is 1. The molecule has 4 rings (SSSR count).